The van der Waals surface area contributed by atoms with E-state index in [2.05, 4.69) is 22.1 Å². The fraction of sp³-hybridized carbons (Fsp3) is 0.500. The molecule has 0 radical (unpaired) electrons. The number of aliphatic hydroxyl groups excluding tert-OH is 1. The number of aliphatic hydroxyl groups is 1. The second-order valence-corrected chi connectivity index (χ2v) is 5.01. The van der Waals surface area contributed by atoms with Crippen LogP contribution in [-0.2, 0) is 0 Å². The van der Waals surface area contributed by atoms with E-state index < -0.39 is 0 Å². The Balaban J connectivity index is 1.97. The SMILES string of the molecule is O=C(Nc1cccc(C#CCCO)n1)N1CCCCCC1. The maximum absolute atomic E-state index is 12.2. The van der Waals surface area contributed by atoms with Crippen molar-refractivity contribution in [2.75, 3.05) is 25.0 Å². The van der Waals surface area contributed by atoms with Crippen molar-refractivity contribution < 1.29 is 9.90 Å². The summed E-state index contributed by atoms with van der Waals surface area (Å²) >= 11 is 0. The van der Waals surface area contributed by atoms with E-state index in [9.17, 15) is 4.79 Å². The van der Waals surface area contributed by atoms with Crippen LogP contribution in [0.25, 0.3) is 0 Å². The molecule has 1 fully saturated rings. The van der Waals surface area contributed by atoms with Gasteiger partial charge in [0.25, 0.3) is 0 Å². The summed E-state index contributed by atoms with van der Waals surface area (Å²) in [5.74, 6) is 6.19. The molecule has 0 atom stereocenters. The number of amides is 2. The van der Waals surface area contributed by atoms with Gasteiger partial charge in [-0.2, -0.15) is 0 Å². The molecule has 0 saturated carbocycles. The molecule has 0 bridgehead atoms. The first-order valence-corrected chi connectivity index (χ1v) is 7.42. The minimum absolute atomic E-state index is 0.0401. The van der Waals surface area contributed by atoms with Crippen molar-refractivity contribution in [3.05, 3.63) is 23.9 Å². The first kappa shape index (κ1) is 15.3. The van der Waals surface area contributed by atoms with Crippen molar-refractivity contribution in [1.82, 2.24) is 9.88 Å². The highest BCUT2D eigenvalue weighted by molar-refractivity contribution is 5.88. The molecule has 1 aromatic rings. The molecule has 5 heteroatoms. The highest BCUT2D eigenvalue weighted by Gasteiger charge is 2.15. The average molecular weight is 287 g/mol. The number of carbonyl (C=O) groups excluding carboxylic acids is 1. The smallest absolute Gasteiger partial charge is 0.323 e. The third-order valence-electron chi connectivity index (χ3n) is 3.33. The largest absolute Gasteiger partial charge is 0.395 e. The fourth-order valence-corrected chi connectivity index (χ4v) is 2.25. The quantitative estimate of drug-likeness (QED) is 0.820. The molecular formula is C16H21N3O2. The minimum atomic E-state index is -0.0927. The number of aromatic nitrogens is 1. The van der Waals surface area contributed by atoms with Crippen molar-refractivity contribution in [1.29, 1.82) is 0 Å². The van der Waals surface area contributed by atoms with Gasteiger partial charge in [-0.05, 0) is 30.9 Å². The van der Waals surface area contributed by atoms with Crippen LogP contribution in [0.15, 0.2) is 18.2 Å². The zero-order chi connectivity index (χ0) is 14.9. The zero-order valence-electron chi connectivity index (χ0n) is 12.1. The zero-order valence-corrected chi connectivity index (χ0v) is 12.1. The summed E-state index contributed by atoms with van der Waals surface area (Å²) in [7, 11) is 0. The Morgan fingerprint density at radius 2 is 2.05 bits per heavy atom. The summed E-state index contributed by atoms with van der Waals surface area (Å²) in [5.41, 5.74) is 0.595. The maximum atomic E-state index is 12.2. The topological polar surface area (TPSA) is 65.5 Å². The van der Waals surface area contributed by atoms with Crippen molar-refractivity contribution >= 4 is 11.8 Å². The molecule has 0 aromatic carbocycles. The molecule has 2 amide bonds. The van der Waals surface area contributed by atoms with Crippen molar-refractivity contribution in [2.24, 2.45) is 0 Å². The van der Waals surface area contributed by atoms with Crippen LogP contribution in [0.1, 0.15) is 37.8 Å². The molecular weight excluding hydrogens is 266 g/mol. The molecule has 2 heterocycles. The third-order valence-corrected chi connectivity index (χ3v) is 3.33. The van der Waals surface area contributed by atoms with Crippen LogP contribution in [0, 0.1) is 11.8 Å². The lowest BCUT2D eigenvalue weighted by atomic mass is 10.2. The van der Waals surface area contributed by atoms with E-state index in [0.29, 0.717) is 17.9 Å². The van der Waals surface area contributed by atoms with Crippen LogP contribution in [0.5, 0.6) is 0 Å². The van der Waals surface area contributed by atoms with Crippen LogP contribution >= 0.6 is 0 Å². The number of hydrogen-bond donors (Lipinski definition) is 2. The van der Waals surface area contributed by atoms with Crippen molar-refractivity contribution in [2.45, 2.75) is 32.1 Å². The lowest BCUT2D eigenvalue weighted by Crippen LogP contribution is -2.35. The molecule has 5 nitrogen and oxygen atoms in total. The summed E-state index contributed by atoms with van der Waals surface area (Å²) in [6, 6.07) is 5.26. The predicted octanol–water partition coefficient (Wildman–Crippen LogP) is 2.22. The minimum Gasteiger partial charge on any atom is -0.395 e. The lowest BCUT2D eigenvalue weighted by molar-refractivity contribution is 0.213. The van der Waals surface area contributed by atoms with Crippen LogP contribution in [0.4, 0.5) is 10.6 Å². The fourth-order valence-electron chi connectivity index (χ4n) is 2.25. The Kier molecular flexibility index (Phi) is 6.04. The molecule has 0 spiro atoms. The number of pyridine rings is 1. The Labute approximate surface area is 125 Å². The second kappa shape index (κ2) is 8.28. The monoisotopic (exact) mass is 287 g/mol. The highest BCUT2D eigenvalue weighted by atomic mass is 16.2. The van der Waals surface area contributed by atoms with Crippen LogP contribution in [0.2, 0.25) is 0 Å². The van der Waals surface area contributed by atoms with Gasteiger partial charge in [0.05, 0.1) is 6.61 Å². The van der Waals surface area contributed by atoms with Gasteiger partial charge in [-0.25, -0.2) is 9.78 Å². The number of nitrogens with zero attached hydrogens (tertiary/aromatic N) is 2. The first-order valence-electron chi connectivity index (χ1n) is 7.42. The van der Waals surface area contributed by atoms with Crippen molar-refractivity contribution in [3.63, 3.8) is 0 Å². The van der Waals surface area contributed by atoms with E-state index in [1.54, 1.807) is 12.1 Å². The van der Waals surface area contributed by atoms with E-state index in [1.807, 2.05) is 11.0 Å². The summed E-state index contributed by atoms with van der Waals surface area (Å²) in [4.78, 5) is 18.3. The van der Waals surface area contributed by atoms with Crippen LogP contribution in [0.3, 0.4) is 0 Å². The van der Waals surface area contributed by atoms with Gasteiger partial charge >= 0.3 is 6.03 Å². The molecule has 112 valence electrons. The van der Waals surface area contributed by atoms with Crippen molar-refractivity contribution in [3.8, 4) is 11.8 Å². The number of hydrogen-bond acceptors (Lipinski definition) is 3. The van der Waals surface area contributed by atoms with Crippen LogP contribution < -0.4 is 5.32 Å². The third kappa shape index (κ3) is 5.09. The van der Waals surface area contributed by atoms with E-state index in [4.69, 9.17) is 5.11 Å². The maximum Gasteiger partial charge on any atom is 0.323 e. The molecule has 21 heavy (non-hydrogen) atoms. The van der Waals surface area contributed by atoms with E-state index in [-0.39, 0.29) is 12.6 Å². The number of urea groups is 1. The molecule has 2 rings (SSSR count). The van der Waals surface area contributed by atoms with E-state index in [1.165, 1.54) is 12.8 Å². The molecule has 2 N–H and O–H groups in total. The van der Waals surface area contributed by atoms with Crippen LogP contribution in [-0.4, -0.2) is 40.7 Å². The Morgan fingerprint density at radius 3 is 2.76 bits per heavy atom. The number of likely N-dealkylation sites (tertiary alicyclic amines) is 1. The van der Waals surface area contributed by atoms with Gasteiger partial charge in [0.1, 0.15) is 11.5 Å². The number of carbonyl (C=O) groups is 1. The molecule has 0 aliphatic carbocycles. The summed E-state index contributed by atoms with van der Waals surface area (Å²) in [6.45, 7) is 1.65. The van der Waals surface area contributed by atoms with Gasteiger partial charge in [0.15, 0.2) is 0 Å². The standard InChI is InChI=1S/C16H21N3O2/c20-13-6-3-8-14-9-7-10-15(17-14)18-16(21)19-11-4-1-2-5-12-19/h7,9-10,20H,1-2,4-6,11-13H2,(H,17,18,21). The number of anilines is 1. The van der Waals surface area contributed by atoms with Gasteiger partial charge in [0.2, 0.25) is 0 Å². The first-order chi connectivity index (χ1) is 10.3. The summed E-state index contributed by atoms with van der Waals surface area (Å²) in [6.07, 6.45) is 4.93. The lowest BCUT2D eigenvalue weighted by Gasteiger charge is -2.20. The molecule has 1 aromatic heterocycles. The average Bonchev–Trinajstić information content (AvgIpc) is 2.77. The van der Waals surface area contributed by atoms with Gasteiger partial charge in [-0.15, -0.1) is 0 Å². The number of rotatable bonds is 2. The Hall–Kier alpha value is -2.06. The predicted molar refractivity (Wildman–Crippen MR) is 81.9 cm³/mol. The second-order valence-electron chi connectivity index (χ2n) is 5.01. The van der Waals surface area contributed by atoms with E-state index >= 15 is 0 Å². The summed E-state index contributed by atoms with van der Waals surface area (Å²) < 4.78 is 0. The Bertz CT molecular complexity index is 526. The summed E-state index contributed by atoms with van der Waals surface area (Å²) in [5, 5.41) is 11.5. The van der Waals surface area contributed by atoms with Gasteiger partial charge in [0, 0.05) is 19.5 Å². The highest BCUT2D eigenvalue weighted by Crippen LogP contribution is 2.12. The molecule has 0 unspecified atom stereocenters. The number of nitrogens with one attached hydrogen (secondary N) is 1. The van der Waals surface area contributed by atoms with Gasteiger partial charge in [-0.3, -0.25) is 5.32 Å². The normalized spacial score (nSPS) is 14.8. The van der Waals surface area contributed by atoms with E-state index in [0.717, 1.165) is 25.9 Å². The molecule has 1 saturated heterocycles. The van der Waals surface area contributed by atoms with Gasteiger partial charge < -0.3 is 10.0 Å². The van der Waals surface area contributed by atoms with Gasteiger partial charge in [-0.1, -0.05) is 24.8 Å². The Morgan fingerprint density at radius 1 is 1.29 bits per heavy atom. The molecule has 1 aliphatic rings. The molecule has 1 aliphatic heterocycles.